The van der Waals surface area contributed by atoms with Crippen LogP contribution in [0.5, 0.6) is 0 Å². The molecule has 0 saturated carbocycles. The Morgan fingerprint density at radius 1 is 1.35 bits per heavy atom. The van der Waals surface area contributed by atoms with Gasteiger partial charge in [-0.05, 0) is 29.1 Å². The van der Waals surface area contributed by atoms with Crippen LogP contribution in [0.25, 0.3) is 0 Å². The maximum atomic E-state index is 13.3. The van der Waals surface area contributed by atoms with Crippen molar-refractivity contribution in [2.75, 3.05) is 7.05 Å². The Morgan fingerprint density at radius 2 is 2.10 bits per heavy atom. The van der Waals surface area contributed by atoms with E-state index in [9.17, 15) is 12.8 Å². The molecule has 0 fully saturated rings. The van der Waals surface area contributed by atoms with Gasteiger partial charge in [-0.25, -0.2) is 12.8 Å². The normalized spacial score (nSPS) is 12.0. The Balaban J connectivity index is 2.36. The van der Waals surface area contributed by atoms with Crippen molar-refractivity contribution in [3.63, 3.8) is 0 Å². The monoisotopic (exact) mass is 333 g/mol. The number of nitrogens with zero attached hydrogens (tertiary/aromatic N) is 1. The lowest BCUT2D eigenvalue weighted by Crippen LogP contribution is -2.27. The third-order valence-electron chi connectivity index (χ3n) is 2.82. The zero-order chi connectivity index (χ0) is 14.8. The highest BCUT2D eigenvalue weighted by Crippen LogP contribution is 2.24. The first kappa shape index (κ1) is 15.4. The lowest BCUT2D eigenvalue weighted by atomic mass is 10.2. The fourth-order valence-corrected chi connectivity index (χ4v) is 4.28. The molecule has 1 aromatic heterocycles. The highest BCUT2D eigenvalue weighted by Gasteiger charge is 2.24. The second-order valence-electron chi connectivity index (χ2n) is 4.23. The maximum Gasteiger partial charge on any atom is 0.243 e. The van der Waals surface area contributed by atoms with E-state index in [0.717, 1.165) is 10.9 Å². The van der Waals surface area contributed by atoms with E-state index in [4.69, 9.17) is 11.6 Å². The Morgan fingerprint density at radius 3 is 2.70 bits per heavy atom. The van der Waals surface area contributed by atoms with E-state index in [2.05, 4.69) is 0 Å². The zero-order valence-corrected chi connectivity index (χ0v) is 13.1. The Hall–Kier alpha value is -0.950. The minimum Gasteiger partial charge on any atom is -0.207 e. The van der Waals surface area contributed by atoms with E-state index in [1.807, 2.05) is 17.5 Å². The molecule has 2 aromatic rings. The third-order valence-corrected chi connectivity index (χ3v) is 5.85. The fourth-order valence-electron chi connectivity index (χ4n) is 1.75. The molecule has 7 heteroatoms. The molecule has 0 unspecified atom stereocenters. The quantitative estimate of drug-likeness (QED) is 0.786. The molecule has 3 nitrogen and oxygen atoms in total. The number of sulfonamides is 1. The number of benzene rings is 1. The van der Waals surface area contributed by atoms with Crippen molar-refractivity contribution in [1.82, 2.24) is 4.31 Å². The molecule has 0 amide bonds. The highest BCUT2D eigenvalue weighted by atomic mass is 35.5. The van der Waals surface area contributed by atoms with Crippen LogP contribution in [-0.2, 0) is 22.4 Å². The zero-order valence-electron chi connectivity index (χ0n) is 10.7. The van der Waals surface area contributed by atoms with Crippen LogP contribution in [-0.4, -0.2) is 19.8 Å². The van der Waals surface area contributed by atoms with E-state index < -0.39 is 15.8 Å². The summed E-state index contributed by atoms with van der Waals surface area (Å²) in [5.41, 5.74) is 0.395. The minimum absolute atomic E-state index is 0.0156. The van der Waals surface area contributed by atoms with Crippen LogP contribution in [0, 0.1) is 5.82 Å². The predicted molar refractivity (Wildman–Crippen MR) is 78.9 cm³/mol. The van der Waals surface area contributed by atoms with Gasteiger partial charge in [-0.15, -0.1) is 22.9 Å². The number of hydrogen-bond acceptors (Lipinski definition) is 3. The van der Waals surface area contributed by atoms with Crippen LogP contribution in [0.15, 0.2) is 40.6 Å². The van der Waals surface area contributed by atoms with Crippen molar-refractivity contribution in [2.45, 2.75) is 17.3 Å². The van der Waals surface area contributed by atoms with Crippen molar-refractivity contribution < 1.29 is 12.8 Å². The molecule has 1 heterocycles. The Bertz CT molecular complexity index is 686. The number of alkyl halides is 1. The van der Waals surface area contributed by atoms with Crippen LogP contribution in [0.4, 0.5) is 4.39 Å². The molecule has 0 bridgehead atoms. The van der Waals surface area contributed by atoms with Gasteiger partial charge in [0.05, 0.1) is 4.90 Å². The molecule has 20 heavy (non-hydrogen) atoms. The molecular formula is C13H13ClFNO2S2. The number of rotatable bonds is 5. The summed E-state index contributed by atoms with van der Waals surface area (Å²) in [6.07, 6.45) is 0. The van der Waals surface area contributed by atoms with Gasteiger partial charge >= 0.3 is 0 Å². The summed E-state index contributed by atoms with van der Waals surface area (Å²) in [7, 11) is -2.29. The van der Waals surface area contributed by atoms with Gasteiger partial charge in [0.1, 0.15) is 5.82 Å². The number of thiophene rings is 1. The average Bonchev–Trinajstić information content (AvgIpc) is 2.91. The number of hydrogen-bond donors (Lipinski definition) is 0. The lowest BCUT2D eigenvalue weighted by Gasteiger charge is -2.18. The maximum absolute atomic E-state index is 13.3. The Kier molecular flexibility index (Phi) is 4.80. The standard InChI is InChI=1S/C13H13ClFNO2S2/c1-16(9-12-3-2-6-19-12)20(17,18)13-7-11(15)5-4-10(13)8-14/h2-7H,8-9H2,1H3. The highest BCUT2D eigenvalue weighted by molar-refractivity contribution is 7.89. The van der Waals surface area contributed by atoms with Gasteiger partial charge in [0.2, 0.25) is 10.0 Å². The molecule has 0 atom stereocenters. The summed E-state index contributed by atoms with van der Waals surface area (Å²) >= 11 is 7.20. The molecular weight excluding hydrogens is 321 g/mol. The molecule has 0 aliphatic heterocycles. The van der Waals surface area contributed by atoms with Gasteiger partial charge in [0.15, 0.2) is 0 Å². The SMILES string of the molecule is CN(Cc1cccs1)S(=O)(=O)c1cc(F)ccc1CCl. The van der Waals surface area contributed by atoms with Gasteiger partial charge in [-0.3, -0.25) is 0 Å². The first-order valence-electron chi connectivity index (χ1n) is 5.78. The van der Waals surface area contributed by atoms with Crippen molar-refractivity contribution in [2.24, 2.45) is 0 Å². The predicted octanol–water partition coefficient (Wildman–Crippen LogP) is 3.45. The van der Waals surface area contributed by atoms with Gasteiger partial charge in [0, 0.05) is 24.3 Å². The Labute approximate surface area is 126 Å². The third kappa shape index (κ3) is 3.20. The van der Waals surface area contributed by atoms with E-state index in [0.29, 0.717) is 5.56 Å². The van der Waals surface area contributed by atoms with Crippen molar-refractivity contribution in [3.8, 4) is 0 Å². The summed E-state index contributed by atoms with van der Waals surface area (Å²) in [5, 5.41) is 1.88. The summed E-state index contributed by atoms with van der Waals surface area (Å²) in [6, 6.07) is 7.32. The molecule has 0 radical (unpaired) electrons. The molecule has 0 aliphatic rings. The van der Waals surface area contributed by atoms with Gasteiger partial charge in [0.25, 0.3) is 0 Å². The smallest absolute Gasteiger partial charge is 0.207 e. The van der Waals surface area contributed by atoms with Crippen LogP contribution in [0.2, 0.25) is 0 Å². The summed E-state index contributed by atoms with van der Waals surface area (Å²) in [5.74, 6) is -0.580. The number of halogens is 2. The van der Waals surface area contributed by atoms with Crippen LogP contribution in [0.3, 0.4) is 0 Å². The second-order valence-corrected chi connectivity index (χ2v) is 7.54. The van der Waals surface area contributed by atoms with Gasteiger partial charge in [-0.2, -0.15) is 4.31 Å². The van der Waals surface area contributed by atoms with Crippen molar-refractivity contribution in [1.29, 1.82) is 0 Å². The summed E-state index contributed by atoms with van der Waals surface area (Å²) in [4.78, 5) is 0.839. The summed E-state index contributed by atoms with van der Waals surface area (Å²) < 4.78 is 39.5. The molecule has 0 spiro atoms. The van der Waals surface area contributed by atoms with E-state index >= 15 is 0 Å². The van der Waals surface area contributed by atoms with Crippen LogP contribution >= 0.6 is 22.9 Å². The van der Waals surface area contributed by atoms with E-state index in [1.165, 1.54) is 34.8 Å². The first-order valence-corrected chi connectivity index (χ1v) is 8.63. The van der Waals surface area contributed by atoms with Crippen molar-refractivity contribution in [3.05, 3.63) is 52.0 Å². The van der Waals surface area contributed by atoms with Gasteiger partial charge in [-0.1, -0.05) is 12.1 Å². The second kappa shape index (κ2) is 6.22. The molecule has 0 saturated heterocycles. The summed E-state index contributed by atoms with van der Waals surface area (Å²) in [6.45, 7) is 0.248. The van der Waals surface area contributed by atoms with E-state index in [-0.39, 0.29) is 17.3 Å². The first-order chi connectivity index (χ1) is 9.45. The van der Waals surface area contributed by atoms with E-state index in [1.54, 1.807) is 0 Å². The fraction of sp³-hybridized carbons (Fsp3) is 0.231. The lowest BCUT2D eigenvalue weighted by molar-refractivity contribution is 0.468. The van der Waals surface area contributed by atoms with Crippen molar-refractivity contribution >= 4 is 33.0 Å². The molecule has 0 N–H and O–H groups in total. The largest absolute Gasteiger partial charge is 0.243 e. The minimum atomic E-state index is -3.76. The topological polar surface area (TPSA) is 37.4 Å². The average molecular weight is 334 g/mol. The van der Waals surface area contributed by atoms with Crippen LogP contribution < -0.4 is 0 Å². The molecule has 0 aliphatic carbocycles. The molecule has 2 rings (SSSR count). The van der Waals surface area contributed by atoms with Gasteiger partial charge < -0.3 is 0 Å². The molecule has 1 aromatic carbocycles. The molecule has 108 valence electrons. The van der Waals surface area contributed by atoms with Crippen LogP contribution in [0.1, 0.15) is 10.4 Å².